The minimum Gasteiger partial charge on any atom is -0.352 e. The summed E-state index contributed by atoms with van der Waals surface area (Å²) in [6, 6.07) is 6.97. The third-order valence-corrected chi connectivity index (χ3v) is 5.11. The average Bonchev–Trinajstić information content (AvgIpc) is 3.38. The zero-order valence-corrected chi connectivity index (χ0v) is 14.1. The van der Waals surface area contributed by atoms with Gasteiger partial charge in [-0.3, -0.25) is 14.4 Å². The Balaban J connectivity index is 1.60. The summed E-state index contributed by atoms with van der Waals surface area (Å²) in [7, 11) is 0. The first kappa shape index (κ1) is 16.7. The lowest BCUT2D eigenvalue weighted by molar-refractivity contribution is -0.135. The van der Waals surface area contributed by atoms with E-state index in [2.05, 4.69) is 10.6 Å². The highest BCUT2D eigenvalue weighted by Gasteiger charge is 2.56. The molecule has 0 aromatic heterocycles. The number of hydrogen-bond acceptors (Lipinski definition) is 3. The van der Waals surface area contributed by atoms with Crippen molar-refractivity contribution in [1.82, 2.24) is 5.32 Å². The number of benzene rings is 1. The quantitative estimate of drug-likeness (QED) is 0.644. The van der Waals surface area contributed by atoms with Crippen LogP contribution >= 0.6 is 0 Å². The fourth-order valence-electron chi connectivity index (χ4n) is 3.29. The topological polar surface area (TPSA) is 75.3 Å². The second kappa shape index (κ2) is 6.75. The molecule has 1 aromatic carbocycles. The minimum absolute atomic E-state index is 0.0154. The van der Waals surface area contributed by atoms with Crippen molar-refractivity contribution >= 4 is 23.3 Å². The van der Waals surface area contributed by atoms with Gasteiger partial charge in [-0.15, -0.1) is 0 Å². The van der Waals surface area contributed by atoms with Crippen LogP contribution in [0.4, 0.5) is 5.69 Å². The van der Waals surface area contributed by atoms with Crippen LogP contribution in [0.2, 0.25) is 0 Å². The molecule has 0 heterocycles. The molecule has 5 nitrogen and oxygen atoms in total. The SMILES string of the molecule is CC(=O)c1ccc(NC(=O)C2(C(=O)NC3CCCCC3)CC2)cc1. The Labute approximate surface area is 142 Å². The molecule has 2 saturated carbocycles. The van der Waals surface area contributed by atoms with Crippen LogP contribution in [0.1, 0.15) is 62.2 Å². The van der Waals surface area contributed by atoms with Gasteiger partial charge in [0.2, 0.25) is 11.8 Å². The van der Waals surface area contributed by atoms with Gasteiger partial charge in [0, 0.05) is 17.3 Å². The molecule has 24 heavy (non-hydrogen) atoms. The summed E-state index contributed by atoms with van der Waals surface area (Å²) in [5.41, 5.74) is 0.308. The summed E-state index contributed by atoms with van der Waals surface area (Å²) in [5.74, 6) is -0.392. The van der Waals surface area contributed by atoms with Crippen molar-refractivity contribution in [3.8, 4) is 0 Å². The van der Waals surface area contributed by atoms with E-state index in [4.69, 9.17) is 0 Å². The second-order valence-corrected chi connectivity index (χ2v) is 6.98. The Morgan fingerprint density at radius 1 is 0.958 bits per heavy atom. The van der Waals surface area contributed by atoms with E-state index < -0.39 is 5.41 Å². The van der Waals surface area contributed by atoms with Crippen LogP contribution < -0.4 is 10.6 Å². The Morgan fingerprint density at radius 2 is 1.58 bits per heavy atom. The smallest absolute Gasteiger partial charge is 0.240 e. The van der Waals surface area contributed by atoms with E-state index in [-0.39, 0.29) is 23.6 Å². The highest BCUT2D eigenvalue weighted by molar-refractivity contribution is 6.13. The van der Waals surface area contributed by atoms with E-state index in [1.165, 1.54) is 13.3 Å². The molecule has 0 bridgehead atoms. The van der Waals surface area contributed by atoms with E-state index >= 15 is 0 Å². The van der Waals surface area contributed by atoms with Gasteiger partial charge in [-0.1, -0.05) is 19.3 Å². The van der Waals surface area contributed by atoms with E-state index in [1.807, 2.05) is 0 Å². The summed E-state index contributed by atoms with van der Waals surface area (Å²) in [4.78, 5) is 36.4. The van der Waals surface area contributed by atoms with Crippen molar-refractivity contribution in [1.29, 1.82) is 0 Å². The average molecular weight is 328 g/mol. The molecule has 0 atom stereocenters. The summed E-state index contributed by atoms with van der Waals surface area (Å²) in [5, 5.41) is 5.89. The lowest BCUT2D eigenvalue weighted by Crippen LogP contribution is -2.45. The molecule has 2 aliphatic carbocycles. The zero-order chi connectivity index (χ0) is 17.2. The van der Waals surface area contributed by atoms with Crippen molar-refractivity contribution in [3.63, 3.8) is 0 Å². The van der Waals surface area contributed by atoms with E-state index in [1.54, 1.807) is 24.3 Å². The predicted octanol–water partition coefficient (Wildman–Crippen LogP) is 3.06. The Kier molecular flexibility index (Phi) is 4.69. The first-order valence-corrected chi connectivity index (χ1v) is 8.75. The van der Waals surface area contributed by atoms with Gasteiger partial charge in [-0.25, -0.2) is 0 Å². The molecular formula is C19H24N2O3. The molecule has 0 saturated heterocycles. The van der Waals surface area contributed by atoms with Crippen LogP contribution in [0.15, 0.2) is 24.3 Å². The maximum atomic E-state index is 12.6. The highest BCUT2D eigenvalue weighted by atomic mass is 16.2. The van der Waals surface area contributed by atoms with Crippen LogP contribution in [-0.2, 0) is 9.59 Å². The predicted molar refractivity (Wildman–Crippen MR) is 91.8 cm³/mol. The van der Waals surface area contributed by atoms with Gasteiger partial charge in [0.15, 0.2) is 5.78 Å². The van der Waals surface area contributed by atoms with Crippen LogP contribution in [0, 0.1) is 5.41 Å². The Hall–Kier alpha value is -2.17. The molecule has 1 aromatic rings. The number of rotatable bonds is 5. The lowest BCUT2D eigenvalue weighted by Gasteiger charge is -2.25. The van der Waals surface area contributed by atoms with Gasteiger partial charge in [-0.05, 0) is 56.9 Å². The first-order chi connectivity index (χ1) is 11.5. The molecule has 2 amide bonds. The van der Waals surface area contributed by atoms with Gasteiger partial charge < -0.3 is 10.6 Å². The molecule has 0 radical (unpaired) electrons. The van der Waals surface area contributed by atoms with Crippen molar-refractivity contribution in [2.45, 2.75) is 57.9 Å². The first-order valence-electron chi connectivity index (χ1n) is 8.75. The van der Waals surface area contributed by atoms with Crippen molar-refractivity contribution < 1.29 is 14.4 Å². The van der Waals surface area contributed by atoms with Gasteiger partial charge in [-0.2, -0.15) is 0 Å². The zero-order valence-electron chi connectivity index (χ0n) is 14.1. The summed E-state index contributed by atoms with van der Waals surface area (Å²) in [6.45, 7) is 1.50. The molecule has 3 rings (SSSR count). The third-order valence-electron chi connectivity index (χ3n) is 5.11. The van der Waals surface area contributed by atoms with Gasteiger partial charge in [0.1, 0.15) is 5.41 Å². The van der Waals surface area contributed by atoms with E-state index in [0.717, 1.165) is 25.7 Å². The fourth-order valence-corrected chi connectivity index (χ4v) is 3.29. The van der Waals surface area contributed by atoms with Gasteiger partial charge in [0.25, 0.3) is 0 Å². The number of carbonyl (C=O) groups excluding carboxylic acids is 3. The van der Waals surface area contributed by atoms with Crippen molar-refractivity contribution in [2.24, 2.45) is 5.41 Å². The maximum Gasteiger partial charge on any atom is 0.240 e. The third kappa shape index (κ3) is 3.50. The lowest BCUT2D eigenvalue weighted by atomic mass is 9.94. The number of nitrogens with one attached hydrogen (secondary N) is 2. The molecular weight excluding hydrogens is 304 g/mol. The number of anilines is 1. The van der Waals surface area contributed by atoms with Crippen LogP contribution in [0.5, 0.6) is 0 Å². The summed E-state index contributed by atoms with van der Waals surface area (Å²) in [6.07, 6.45) is 6.74. The Bertz CT molecular complexity index is 641. The number of Topliss-reactive ketones (excluding diaryl/α,β-unsaturated/α-hetero) is 1. The molecule has 128 valence electrons. The molecule has 0 aliphatic heterocycles. The van der Waals surface area contributed by atoms with E-state index in [9.17, 15) is 14.4 Å². The molecule has 2 fully saturated rings. The normalized spacial score (nSPS) is 19.4. The summed E-state index contributed by atoms with van der Waals surface area (Å²) < 4.78 is 0. The number of ketones is 1. The minimum atomic E-state index is -0.906. The molecule has 2 N–H and O–H groups in total. The largest absolute Gasteiger partial charge is 0.352 e. The van der Waals surface area contributed by atoms with Crippen molar-refractivity contribution in [3.05, 3.63) is 29.8 Å². The fraction of sp³-hybridized carbons (Fsp3) is 0.526. The van der Waals surface area contributed by atoms with E-state index in [0.29, 0.717) is 24.1 Å². The van der Waals surface area contributed by atoms with Crippen molar-refractivity contribution in [2.75, 3.05) is 5.32 Å². The molecule has 5 heteroatoms. The highest BCUT2D eigenvalue weighted by Crippen LogP contribution is 2.47. The Morgan fingerprint density at radius 3 is 2.12 bits per heavy atom. The van der Waals surface area contributed by atoms with Crippen LogP contribution in [-0.4, -0.2) is 23.6 Å². The number of amides is 2. The number of carbonyl (C=O) groups is 3. The standard InChI is InChI=1S/C19H24N2O3/c1-13(22)14-7-9-16(10-8-14)21-18(24)19(11-12-19)17(23)20-15-5-3-2-4-6-15/h7-10,15H,2-6,11-12H2,1H3,(H,20,23)(H,21,24). The van der Waals surface area contributed by atoms with Crippen LogP contribution in [0.3, 0.4) is 0 Å². The molecule has 2 aliphatic rings. The summed E-state index contributed by atoms with van der Waals surface area (Å²) >= 11 is 0. The maximum absolute atomic E-state index is 12.6. The molecule has 0 unspecified atom stereocenters. The number of hydrogen-bond donors (Lipinski definition) is 2. The van der Waals surface area contributed by atoms with Gasteiger partial charge >= 0.3 is 0 Å². The molecule has 0 spiro atoms. The van der Waals surface area contributed by atoms with Crippen LogP contribution in [0.25, 0.3) is 0 Å². The monoisotopic (exact) mass is 328 g/mol. The second-order valence-electron chi connectivity index (χ2n) is 6.98. The van der Waals surface area contributed by atoms with Gasteiger partial charge in [0.05, 0.1) is 0 Å².